The van der Waals surface area contributed by atoms with Crippen molar-refractivity contribution in [3.8, 4) is 5.75 Å². The monoisotopic (exact) mass is 199 g/mol. The van der Waals surface area contributed by atoms with Crippen LogP contribution in [0.1, 0.15) is 17.3 Å². The third kappa shape index (κ3) is 2.06. The molecular weight excluding hydrogens is 190 g/mol. The predicted molar refractivity (Wildman–Crippen MR) is 50.6 cm³/mol. The van der Waals surface area contributed by atoms with Crippen molar-refractivity contribution in [3.63, 3.8) is 0 Å². The van der Waals surface area contributed by atoms with Crippen LogP contribution in [0.4, 0.5) is 5.00 Å². The minimum absolute atomic E-state index is 0.201. The fourth-order valence-corrected chi connectivity index (χ4v) is 1.80. The fraction of sp³-hybridized carbons (Fsp3) is 0.250. The number of anilines is 1. The van der Waals surface area contributed by atoms with Gasteiger partial charge in [-0.25, -0.2) is 0 Å². The van der Waals surface area contributed by atoms with E-state index in [0.29, 0.717) is 22.6 Å². The van der Waals surface area contributed by atoms with Crippen LogP contribution in [-0.4, -0.2) is 19.3 Å². The van der Waals surface area contributed by atoms with E-state index in [-0.39, 0.29) is 5.91 Å². The van der Waals surface area contributed by atoms with Gasteiger partial charge < -0.3 is 10.1 Å². The second kappa shape index (κ2) is 4.04. The van der Waals surface area contributed by atoms with Gasteiger partial charge in [0.2, 0.25) is 5.91 Å². The van der Waals surface area contributed by atoms with Gasteiger partial charge in [0, 0.05) is 12.3 Å². The highest BCUT2D eigenvalue weighted by Gasteiger charge is 2.11. The van der Waals surface area contributed by atoms with E-state index in [2.05, 4.69) is 5.32 Å². The molecule has 4 nitrogen and oxygen atoms in total. The number of ether oxygens (including phenoxy) is 1. The average molecular weight is 199 g/mol. The highest BCUT2D eigenvalue weighted by molar-refractivity contribution is 7.15. The van der Waals surface area contributed by atoms with E-state index in [0.717, 1.165) is 0 Å². The largest absolute Gasteiger partial charge is 0.495 e. The Hall–Kier alpha value is -1.36. The number of hydrogen-bond donors (Lipinski definition) is 1. The van der Waals surface area contributed by atoms with Crippen LogP contribution in [0.3, 0.4) is 0 Å². The zero-order valence-electron chi connectivity index (χ0n) is 7.29. The van der Waals surface area contributed by atoms with Gasteiger partial charge in [-0.1, -0.05) is 0 Å². The average Bonchev–Trinajstić information content (AvgIpc) is 2.45. The molecule has 0 aliphatic carbocycles. The molecule has 1 rings (SSSR count). The summed E-state index contributed by atoms with van der Waals surface area (Å²) in [6, 6.07) is 0. The second-order valence-corrected chi connectivity index (χ2v) is 3.23. The summed E-state index contributed by atoms with van der Waals surface area (Å²) in [5.41, 5.74) is 0.391. The van der Waals surface area contributed by atoms with E-state index in [4.69, 9.17) is 4.74 Å². The number of carbonyl (C=O) groups is 2. The molecule has 0 aliphatic rings. The Morgan fingerprint density at radius 1 is 1.69 bits per heavy atom. The van der Waals surface area contributed by atoms with E-state index < -0.39 is 0 Å². The van der Waals surface area contributed by atoms with Gasteiger partial charge in [0.25, 0.3) is 0 Å². The van der Waals surface area contributed by atoms with Crippen LogP contribution in [0.25, 0.3) is 0 Å². The quantitative estimate of drug-likeness (QED) is 0.751. The Morgan fingerprint density at radius 2 is 2.38 bits per heavy atom. The first-order valence-corrected chi connectivity index (χ1v) is 4.45. The van der Waals surface area contributed by atoms with E-state index in [1.54, 1.807) is 5.38 Å². The number of nitrogens with one attached hydrogen (secondary N) is 1. The first-order chi connectivity index (χ1) is 6.19. The molecule has 0 saturated carbocycles. The maximum Gasteiger partial charge on any atom is 0.221 e. The predicted octanol–water partition coefficient (Wildman–Crippen LogP) is 1.53. The first kappa shape index (κ1) is 9.73. The first-order valence-electron chi connectivity index (χ1n) is 3.57. The van der Waals surface area contributed by atoms with Crippen LogP contribution in [0.15, 0.2) is 5.38 Å². The van der Waals surface area contributed by atoms with Crippen LogP contribution >= 0.6 is 11.3 Å². The van der Waals surface area contributed by atoms with Crippen LogP contribution < -0.4 is 10.1 Å². The molecule has 0 aromatic carbocycles. The number of rotatable bonds is 3. The normalized spacial score (nSPS) is 9.38. The van der Waals surface area contributed by atoms with Crippen molar-refractivity contribution in [1.82, 2.24) is 0 Å². The molecule has 1 aromatic rings. The highest BCUT2D eigenvalue weighted by Crippen LogP contribution is 2.32. The van der Waals surface area contributed by atoms with Gasteiger partial charge in [-0.05, 0) is 0 Å². The zero-order chi connectivity index (χ0) is 9.84. The van der Waals surface area contributed by atoms with Crippen LogP contribution in [0.2, 0.25) is 0 Å². The number of amides is 1. The van der Waals surface area contributed by atoms with Crippen LogP contribution in [0.5, 0.6) is 5.75 Å². The lowest BCUT2D eigenvalue weighted by molar-refractivity contribution is -0.114. The molecular formula is C8H9NO3S. The molecule has 0 bridgehead atoms. The number of thiophene rings is 1. The molecule has 1 heterocycles. The lowest BCUT2D eigenvalue weighted by Crippen LogP contribution is -2.05. The summed E-state index contributed by atoms with van der Waals surface area (Å²) in [6.07, 6.45) is 0.667. The number of carbonyl (C=O) groups excluding carboxylic acids is 2. The summed E-state index contributed by atoms with van der Waals surface area (Å²) in [4.78, 5) is 21.3. The molecule has 0 fully saturated rings. The molecule has 0 saturated heterocycles. The molecule has 5 heteroatoms. The molecule has 1 amide bonds. The van der Waals surface area contributed by atoms with Crippen molar-refractivity contribution in [3.05, 3.63) is 10.9 Å². The summed E-state index contributed by atoms with van der Waals surface area (Å²) >= 11 is 1.27. The van der Waals surface area contributed by atoms with Gasteiger partial charge in [0.05, 0.1) is 12.7 Å². The molecule has 13 heavy (non-hydrogen) atoms. The highest BCUT2D eigenvalue weighted by atomic mass is 32.1. The van der Waals surface area contributed by atoms with E-state index >= 15 is 0 Å². The fourth-order valence-electron chi connectivity index (χ4n) is 0.878. The summed E-state index contributed by atoms with van der Waals surface area (Å²) in [5.74, 6) is 0.288. The Kier molecular flexibility index (Phi) is 3.02. The van der Waals surface area contributed by atoms with Crippen molar-refractivity contribution in [2.75, 3.05) is 12.4 Å². The Balaban J connectivity index is 3.00. The minimum atomic E-state index is -0.201. The third-order valence-electron chi connectivity index (χ3n) is 1.42. The molecule has 1 aromatic heterocycles. The molecule has 0 atom stereocenters. The van der Waals surface area contributed by atoms with Crippen LogP contribution in [-0.2, 0) is 4.79 Å². The van der Waals surface area contributed by atoms with Gasteiger partial charge in [-0.15, -0.1) is 11.3 Å². The SMILES string of the molecule is COc1csc(NC(C)=O)c1C=O. The Labute approximate surface area is 79.5 Å². The summed E-state index contributed by atoms with van der Waals surface area (Å²) < 4.78 is 4.93. The molecule has 0 radical (unpaired) electrons. The smallest absolute Gasteiger partial charge is 0.221 e. The van der Waals surface area contributed by atoms with Crippen molar-refractivity contribution in [2.45, 2.75) is 6.92 Å². The minimum Gasteiger partial charge on any atom is -0.495 e. The van der Waals surface area contributed by atoms with Gasteiger partial charge >= 0.3 is 0 Å². The second-order valence-electron chi connectivity index (χ2n) is 2.35. The lowest BCUT2D eigenvalue weighted by Gasteiger charge is -1.99. The van der Waals surface area contributed by atoms with Crippen molar-refractivity contribution in [2.24, 2.45) is 0 Å². The van der Waals surface area contributed by atoms with Crippen molar-refractivity contribution in [1.29, 1.82) is 0 Å². The maximum atomic E-state index is 10.7. The molecule has 0 unspecified atom stereocenters. The summed E-state index contributed by atoms with van der Waals surface area (Å²) in [5, 5.41) is 4.75. The van der Waals surface area contributed by atoms with E-state index in [1.165, 1.54) is 25.4 Å². The van der Waals surface area contributed by atoms with Crippen molar-refractivity contribution < 1.29 is 14.3 Å². The van der Waals surface area contributed by atoms with Crippen molar-refractivity contribution >= 4 is 28.5 Å². The zero-order valence-corrected chi connectivity index (χ0v) is 8.10. The molecule has 70 valence electrons. The standard InChI is InChI=1S/C8H9NO3S/c1-5(11)9-8-6(3-10)7(12-2)4-13-8/h3-4H,1-2H3,(H,9,11). The van der Waals surface area contributed by atoms with Gasteiger partial charge in [-0.2, -0.15) is 0 Å². The van der Waals surface area contributed by atoms with Gasteiger partial charge in [-0.3, -0.25) is 9.59 Å². The van der Waals surface area contributed by atoms with E-state index in [1.807, 2.05) is 0 Å². The number of aldehydes is 1. The third-order valence-corrected chi connectivity index (χ3v) is 2.31. The number of hydrogen-bond acceptors (Lipinski definition) is 4. The summed E-state index contributed by atoms with van der Waals surface area (Å²) in [6.45, 7) is 1.39. The molecule has 1 N–H and O–H groups in total. The lowest BCUT2D eigenvalue weighted by atomic mass is 10.3. The van der Waals surface area contributed by atoms with Crippen LogP contribution in [0, 0.1) is 0 Å². The molecule has 0 spiro atoms. The van der Waals surface area contributed by atoms with Gasteiger partial charge in [0.1, 0.15) is 10.8 Å². The Morgan fingerprint density at radius 3 is 2.85 bits per heavy atom. The number of methoxy groups -OCH3 is 1. The van der Waals surface area contributed by atoms with E-state index in [9.17, 15) is 9.59 Å². The molecule has 0 aliphatic heterocycles. The topological polar surface area (TPSA) is 55.4 Å². The summed E-state index contributed by atoms with van der Waals surface area (Å²) in [7, 11) is 1.48. The Bertz CT molecular complexity index is 332. The van der Waals surface area contributed by atoms with Gasteiger partial charge in [0.15, 0.2) is 6.29 Å². The maximum absolute atomic E-state index is 10.7.